The summed E-state index contributed by atoms with van der Waals surface area (Å²) in [5, 5.41) is 2.82. The number of hydrogen-bond acceptors (Lipinski definition) is 7. The minimum atomic E-state index is -0.404. The highest BCUT2D eigenvalue weighted by Crippen LogP contribution is 2.20. The van der Waals surface area contributed by atoms with Crippen molar-refractivity contribution >= 4 is 17.7 Å². The average molecular weight is 289 g/mol. The molecule has 2 aromatic heterocycles. The van der Waals surface area contributed by atoms with Crippen LogP contribution in [-0.4, -0.2) is 53.2 Å². The highest BCUT2D eigenvalue weighted by molar-refractivity contribution is 5.46. The van der Waals surface area contributed by atoms with Crippen molar-refractivity contribution < 1.29 is 4.39 Å². The third-order valence-corrected chi connectivity index (χ3v) is 3.36. The van der Waals surface area contributed by atoms with E-state index in [2.05, 4.69) is 30.2 Å². The zero-order valence-corrected chi connectivity index (χ0v) is 11.7. The van der Waals surface area contributed by atoms with Crippen LogP contribution in [0.25, 0.3) is 0 Å². The highest BCUT2D eigenvalue weighted by Gasteiger charge is 2.22. The minimum Gasteiger partial charge on any atom is -0.357 e. The van der Waals surface area contributed by atoms with Gasteiger partial charge in [-0.1, -0.05) is 0 Å². The van der Waals surface area contributed by atoms with Gasteiger partial charge in [-0.3, -0.25) is 0 Å². The molecule has 0 bridgehead atoms. The number of anilines is 3. The van der Waals surface area contributed by atoms with Crippen LogP contribution < -0.4 is 15.1 Å². The van der Waals surface area contributed by atoms with Crippen LogP contribution >= 0.6 is 0 Å². The van der Waals surface area contributed by atoms with E-state index in [0.717, 1.165) is 13.1 Å². The van der Waals surface area contributed by atoms with Gasteiger partial charge < -0.3 is 15.1 Å². The summed E-state index contributed by atoms with van der Waals surface area (Å²) < 4.78 is 13.9. The van der Waals surface area contributed by atoms with Crippen molar-refractivity contribution in [3.63, 3.8) is 0 Å². The molecule has 1 aliphatic rings. The zero-order chi connectivity index (χ0) is 14.7. The predicted octanol–water partition coefficient (Wildman–Crippen LogP) is 0.774. The van der Waals surface area contributed by atoms with E-state index >= 15 is 0 Å². The number of rotatable bonds is 3. The molecule has 21 heavy (non-hydrogen) atoms. The number of halogens is 1. The Bertz CT molecular complexity index is 599. The molecule has 0 unspecified atom stereocenters. The van der Waals surface area contributed by atoms with Crippen molar-refractivity contribution in [1.82, 2.24) is 19.9 Å². The van der Waals surface area contributed by atoms with E-state index < -0.39 is 5.82 Å². The van der Waals surface area contributed by atoms with Crippen LogP contribution in [0, 0.1) is 5.82 Å². The van der Waals surface area contributed by atoms with E-state index in [9.17, 15) is 4.39 Å². The van der Waals surface area contributed by atoms with Gasteiger partial charge in [0.05, 0.1) is 6.20 Å². The first-order valence-electron chi connectivity index (χ1n) is 6.75. The molecule has 1 aliphatic heterocycles. The van der Waals surface area contributed by atoms with Crippen molar-refractivity contribution in [2.24, 2.45) is 0 Å². The molecule has 2 aromatic rings. The van der Waals surface area contributed by atoms with E-state index in [1.807, 2.05) is 4.90 Å². The third-order valence-electron chi connectivity index (χ3n) is 3.36. The maximum atomic E-state index is 13.9. The summed E-state index contributed by atoms with van der Waals surface area (Å²) in [6, 6.07) is 1.79. The first-order chi connectivity index (χ1) is 10.3. The summed E-state index contributed by atoms with van der Waals surface area (Å²) >= 11 is 0. The fourth-order valence-electron chi connectivity index (χ4n) is 2.27. The van der Waals surface area contributed by atoms with Gasteiger partial charge in [-0.15, -0.1) is 0 Å². The molecule has 0 amide bonds. The van der Waals surface area contributed by atoms with Gasteiger partial charge in [-0.25, -0.2) is 19.3 Å². The molecule has 0 atom stereocenters. The summed E-state index contributed by atoms with van der Waals surface area (Å²) in [7, 11) is 1.71. The Kier molecular flexibility index (Phi) is 3.76. The topological polar surface area (TPSA) is 70.1 Å². The fraction of sp³-hybridized carbons (Fsp3) is 0.385. The van der Waals surface area contributed by atoms with Gasteiger partial charge in [0.1, 0.15) is 0 Å². The molecule has 0 aromatic carbocycles. The second kappa shape index (κ2) is 5.86. The maximum Gasteiger partial charge on any atom is 0.225 e. The van der Waals surface area contributed by atoms with E-state index in [1.165, 1.54) is 6.20 Å². The molecular weight excluding hydrogens is 273 g/mol. The summed E-state index contributed by atoms with van der Waals surface area (Å²) in [5.41, 5.74) is 0. The van der Waals surface area contributed by atoms with Crippen molar-refractivity contribution in [1.29, 1.82) is 0 Å². The molecule has 1 fully saturated rings. The van der Waals surface area contributed by atoms with Gasteiger partial charge in [0.25, 0.3) is 0 Å². The number of hydrogen-bond donors (Lipinski definition) is 1. The lowest BCUT2D eigenvalue weighted by Crippen LogP contribution is -2.47. The summed E-state index contributed by atoms with van der Waals surface area (Å²) in [6.45, 7) is 2.77. The number of aromatic nitrogens is 4. The summed E-state index contributed by atoms with van der Waals surface area (Å²) in [5.74, 6) is 1.05. The van der Waals surface area contributed by atoms with Crippen molar-refractivity contribution in [3.05, 3.63) is 30.5 Å². The van der Waals surface area contributed by atoms with Crippen LogP contribution in [-0.2, 0) is 0 Å². The van der Waals surface area contributed by atoms with Crippen LogP contribution in [0.2, 0.25) is 0 Å². The average Bonchev–Trinajstić information content (AvgIpc) is 2.56. The Hall–Kier alpha value is -2.51. The van der Waals surface area contributed by atoms with E-state index in [0.29, 0.717) is 30.8 Å². The largest absolute Gasteiger partial charge is 0.357 e. The number of nitrogens with zero attached hydrogens (tertiary/aromatic N) is 6. The smallest absolute Gasteiger partial charge is 0.225 e. The van der Waals surface area contributed by atoms with Gasteiger partial charge in [0, 0.05) is 45.6 Å². The molecule has 0 radical (unpaired) electrons. The first kappa shape index (κ1) is 13.5. The highest BCUT2D eigenvalue weighted by atomic mass is 19.1. The molecule has 110 valence electrons. The molecule has 0 spiro atoms. The van der Waals surface area contributed by atoms with Gasteiger partial charge in [0.15, 0.2) is 11.6 Å². The second-order valence-electron chi connectivity index (χ2n) is 4.64. The molecule has 1 N–H and O–H groups in total. The van der Waals surface area contributed by atoms with Gasteiger partial charge in [-0.2, -0.15) is 4.98 Å². The molecule has 0 saturated carbocycles. The summed E-state index contributed by atoms with van der Waals surface area (Å²) in [4.78, 5) is 20.5. The first-order valence-corrected chi connectivity index (χ1v) is 6.75. The van der Waals surface area contributed by atoms with E-state index in [4.69, 9.17) is 0 Å². The van der Waals surface area contributed by atoms with Gasteiger partial charge in [0.2, 0.25) is 11.9 Å². The molecular formula is C13H16FN7. The Morgan fingerprint density at radius 3 is 2.38 bits per heavy atom. The molecule has 7 nitrogen and oxygen atoms in total. The van der Waals surface area contributed by atoms with Crippen LogP contribution in [0.5, 0.6) is 0 Å². The Morgan fingerprint density at radius 2 is 1.71 bits per heavy atom. The Morgan fingerprint density at radius 1 is 1.05 bits per heavy atom. The third kappa shape index (κ3) is 2.83. The van der Waals surface area contributed by atoms with E-state index in [-0.39, 0.29) is 0 Å². The lowest BCUT2D eigenvalue weighted by Gasteiger charge is -2.35. The lowest BCUT2D eigenvalue weighted by atomic mass is 10.3. The van der Waals surface area contributed by atoms with Gasteiger partial charge in [-0.05, 0) is 6.07 Å². The monoisotopic (exact) mass is 289 g/mol. The van der Waals surface area contributed by atoms with Crippen molar-refractivity contribution in [3.8, 4) is 0 Å². The quantitative estimate of drug-likeness (QED) is 0.895. The Balaban J connectivity index is 1.71. The zero-order valence-electron chi connectivity index (χ0n) is 11.7. The van der Waals surface area contributed by atoms with Crippen molar-refractivity contribution in [2.45, 2.75) is 0 Å². The van der Waals surface area contributed by atoms with E-state index in [1.54, 1.807) is 25.5 Å². The number of nitrogens with one attached hydrogen (secondary N) is 1. The van der Waals surface area contributed by atoms with Crippen LogP contribution in [0.3, 0.4) is 0 Å². The summed E-state index contributed by atoms with van der Waals surface area (Å²) in [6.07, 6.45) is 4.64. The van der Waals surface area contributed by atoms with Crippen molar-refractivity contribution in [2.75, 3.05) is 48.3 Å². The van der Waals surface area contributed by atoms with Crippen LogP contribution in [0.1, 0.15) is 0 Å². The van der Waals surface area contributed by atoms with Crippen LogP contribution in [0.4, 0.5) is 22.1 Å². The Labute approximate surface area is 121 Å². The number of piperazine rings is 1. The lowest BCUT2D eigenvalue weighted by molar-refractivity contribution is 0.580. The molecule has 1 saturated heterocycles. The van der Waals surface area contributed by atoms with Gasteiger partial charge >= 0.3 is 0 Å². The molecule has 3 rings (SSSR count). The maximum absolute atomic E-state index is 13.9. The fourth-order valence-corrected chi connectivity index (χ4v) is 2.27. The molecule has 3 heterocycles. The second-order valence-corrected chi connectivity index (χ2v) is 4.64. The molecule has 0 aliphatic carbocycles. The predicted molar refractivity (Wildman–Crippen MR) is 78.0 cm³/mol. The normalized spacial score (nSPS) is 15.1. The van der Waals surface area contributed by atoms with Crippen LogP contribution in [0.15, 0.2) is 24.7 Å². The molecule has 8 heteroatoms. The minimum absolute atomic E-state index is 0.336. The standard InChI is InChI=1S/C13H16FN7/c1-15-12-18-9-10(14)11(19-12)20-5-7-21(8-6-20)13-16-3-2-4-17-13/h2-4,9H,5-8H2,1H3,(H,15,18,19). The SMILES string of the molecule is CNc1ncc(F)c(N2CCN(c3ncccn3)CC2)n1.